The smallest absolute Gasteiger partial charge is 0.241 e. The zero-order valence-electron chi connectivity index (χ0n) is 20.0. The fourth-order valence-electron chi connectivity index (χ4n) is 4.87. The summed E-state index contributed by atoms with van der Waals surface area (Å²) in [6.45, 7) is 0.708. The second-order valence-electron chi connectivity index (χ2n) is 9.05. The third kappa shape index (κ3) is 4.31. The summed E-state index contributed by atoms with van der Waals surface area (Å²) in [7, 11) is 0. The number of imidazole rings is 1. The van der Waals surface area contributed by atoms with Crippen LogP contribution < -0.4 is 10.2 Å². The van der Waals surface area contributed by atoms with Crippen molar-refractivity contribution in [2.75, 3.05) is 10.2 Å². The first-order chi connectivity index (χ1) is 18.1. The van der Waals surface area contributed by atoms with Gasteiger partial charge >= 0.3 is 0 Å². The number of fused-ring (bicyclic) bond motifs is 3. The van der Waals surface area contributed by atoms with Crippen LogP contribution in [0.2, 0.25) is 0 Å². The summed E-state index contributed by atoms with van der Waals surface area (Å²) in [4.78, 5) is 31.8. The second kappa shape index (κ2) is 9.28. The number of nitrogens with one attached hydrogen (secondary N) is 1. The largest absolute Gasteiger partial charge is 0.508 e. The Morgan fingerprint density at radius 1 is 0.919 bits per heavy atom. The van der Waals surface area contributed by atoms with Crippen molar-refractivity contribution in [2.45, 2.75) is 19.4 Å². The molecule has 37 heavy (non-hydrogen) atoms. The number of nitrogens with zero attached hydrogens (tertiary/aromatic N) is 3. The van der Waals surface area contributed by atoms with E-state index in [0.717, 1.165) is 34.1 Å². The topological polar surface area (TPSA) is 87.5 Å². The number of amides is 2. The lowest BCUT2D eigenvalue weighted by atomic mass is 10.1. The van der Waals surface area contributed by atoms with Crippen LogP contribution in [0.3, 0.4) is 0 Å². The molecule has 0 fully saturated rings. The van der Waals surface area contributed by atoms with Gasteiger partial charge in [-0.1, -0.05) is 42.5 Å². The lowest BCUT2D eigenvalue weighted by Crippen LogP contribution is -2.26. The summed E-state index contributed by atoms with van der Waals surface area (Å²) < 4.78 is 2.07. The molecule has 0 aliphatic carbocycles. The lowest BCUT2D eigenvalue weighted by molar-refractivity contribution is -0.124. The molecule has 182 valence electrons. The van der Waals surface area contributed by atoms with Crippen molar-refractivity contribution >= 4 is 39.6 Å². The van der Waals surface area contributed by atoms with E-state index >= 15 is 0 Å². The Morgan fingerprint density at radius 2 is 1.76 bits per heavy atom. The molecule has 0 saturated heterocycles. The Bertz CT molecular complexity index is 1640. The number of aromatic hydroxyl groups is 1. The Hall–Kier alpha value is -4.91. The third-order valence-corrected chi connectivity index (χ3v) is 6.62. The fourth-order valence-corrected chi connectivity index (χ4v) is 4.87. The molecule has 4 aromatic carbocycles. The van der Waals surface area contributed by atoms with E-state index in [1.807, 2.05) is 79.0 Å². The van der Waals surface area contributed by atoms with E-state index < -0.39 is 0 Å². The Kier molecular flexibility index (Phi) is 5.65. The van der Waals surface area contributed by atoms with Gasteiger partial charge in [-0.2, -0.15) is 0 Å². The maximum atomic E-state index is 13.2. The number of benzene rings is 4. The zero-order valence-corrected chi connectivity index (χ0v) is 20.0. The molecule has 5 aromatic rings. The number of carbonyl (C=O) groups is 2. The van der Waals surface area contributed by atoms with Crippen LogP contribution in [0, 0.1) is 0 Å². The molecule has 0 saturated carbocycles. The standard InChI is InChI=1S/C30H24N4O3/c35-24-6-3-4-20(18-24)14-16-33-17-15-31-30(33)22-8-11-23(12-9-22)34-26-13-10-21-5-1-2-7-25(21)29(26)32-27(36)19-28(34)37/h1-13,15,17-18,35H,14,16,19H2,(H,32,36). The molecule has 2 N–H and O–H groups in total. The van der Waals surface area contributed by atoms with Crippen LogP contribution in [0.5, 0.6) is 5.75 Å². The maximum absolute atomic E-state index is 13.2. The molecule has 2 amide bonds. The van der Waals surface area contributed by atoms with Gasteiger partial charge < -0.3 is 15.0 Å². The van der Waals surface area contributed by atoms with E-state index in [4.69, 9.17) is 0 Å². The highest BCUT2D eigenvalue weighted by Gasteiger charge is 2.28. The predicted molar refractivity (Wildman–Crippen MR) is 144 cm³/mol. The van der Waals surface area contributed by atoms with Crippen LogP contribution in [0.25, 0.3) is 22.2 Å². The summed E-state index contributed by atoms with van der Waals surface area (Å²) in [5.74, 6) is 0.466. The molecule has 0 spiro atoms. The average molecular weight is 489 g/mol. The molecule has 1 aromatic heterocycles. The van der Waals surface area contributed by atoms with Crippen molar-refractivity contribution in [3.05, 3.63) is 103 Å². The number of anilines is 3. The number of aryl methyl sites for hydroxylation is 2. The van der Waals surface area contributed by atoms with E-state index in [0.29, 0.717) is 23.6 Å². The van der Waals surface area contributed by atoms with Crippen molar-refractivity contribution in [1.82, 2.24) is 9.55 Å². The van der Waals surface area contributed by atoms with Crippen molar-refractivity contribution in [1.29, 1.82) is 0 Å². The van der Waals surface area contributed by atoms with Gasteiger partial charge in [0.2, 0.25) is 11.8 Å². The van der Waals surface area contributed by atoms with E-state index in [2.05, 4.69) is 14.9 Å². The first kappa shape index (κ1) is 22.5. The zero-order chi connectivity index (χ0) is 25.4. The SMILES string of the molecule is O=C1CC(=O)N(c2ccc(-c3nccn3CCc3cccc(O)c3)cc2)c2ccc3ccccc3c2N1. The van der Waals surface area contributed by atoms with E-state index in [-0.39, 0.29) is 24.0 Å². The highest BCUT2D eigenvalue weighted by atomic mass is 16.3. The number of hydrogen-bond donors (Lipinski definition) is 2. The third-order valence-electron chi connectivity index (χ3n) is 6.62. The Labute approximate surface area is 213 Å². The van der Waals surface area contributed by atoms with Crippen molar-refractivity contribution in [3.63, 3.8) is 0 Å². The van der Waals surface area contributed by atoms with Gasteiger partial charge in [-0.25, -0.2) is 4.98 Å². The van der Waals surface area contributed by atoms with Gasteiger partial charge in [-0.3, -0.25) is 14.5 Å². The van der Waals surface area contributed by atoms with Gasteiger partial charge in [-0.05, 0) is 59.8 Å². The summed E-state index contributed by atoms with van der Waals surface area (Å²) in [6, 6.07) is 26.5. The van der Waals surface area contributed by atoms with Gasteiger partial charge in [0.15, 0.2) is 0 Å². The van der Waals surface area contributed by atoms with Crippen molar-refractivity contribution < 1.29 is 14.7 Å². The molecule has 0 bridgehead atoms. The number of phenols is 1. The van der Waals surface area contributed by atoms with Crippen LogP contribution in [0.15, 0.2) is 97.3 Å². The number of phenolic OH excluding ortho intramolecular Hbond substituents is 1. The molecule has 7 heteroatoms. The highest BCUT2D eigenvalue weighted by molar-refractivity contribution is 6.21. The van der Waals surface area contributed by atoms with Crippen LogP contribution in [-0.2, 0) is 22.6 Å². The number of carbonyl (C=O) groups excluding carboxylic acids is 2. The molecular formula is C30H24N4O3. The highest BCUT2D eigenvalue weighted by Crippen LogP contribution is 2.40. The van der Waals surface area contributed by atoms with E-state index in [1.165, 1.54) is 0 Å². The summed E-state index contributed by atoms with van der Waals surface area (Å²) in [5, 5.41) is 14.5. The van der Waals surface area contributed by atoms with Gasteiger partial charge in [0, 0.05) is 35.6 Å². The minimum Gasteiger partial charge on any atom is -0.508 e. The summed E-state index contributed by atoms with van der Waals surface area (Å²) >= 11 is 0. The number of aromatic nitrogens is 2. The van der Waals surface area contributed by atoms with Gasteiger partial charge in [0.1, 0.15) is 18.0 Å². The number of hydrogen-bond acceptors (Lipinski definition) is 4. The fraction of sp³-hybridized carbons (Fsp3) is 0.100. The minimum absolute atomic E-state index is 0.232. The van der Waals surface area contributed by atoms with Crippen LogP contribution in [0.1, 0.15) is 12.0 Å². The summed E-state index contributed by atoms with van der Waals surface area (Å²) in [6.07, 6.45) is 4.22. The average Bonchev–Trinajstić information content (AvgIpc) is 3.33. The Morgan fingerprint density at radius 3 is 2.59 bits per heavy atom. The van der Waals surface area contributed by atoms with Gasteiger partial charge in [0.25, 0.3) is 0 Å². The molecular weight excluding hydrogens is 464 g/mol. The Balaban J connectivity index is 1.32. The quantitative estimate of drug-likeness (QED) is 0.313. The molecule has 1 aliphatic rings. The molecule has 7 nitrogen and oxygen atoms in total. The normalized spacial score (nSPS) is 13.4. The van der Waals surface area contributed by atoms with Gasteiger partial charge in [-0.15, -0.1) is 0 Å². The molecule has 0 unspecified atom stereocenters. The van der Waals surface area contributed by atoms with Crippen molar-refractivity contribution in [2.24, 2.45) is 0 Å². The maximum Gasteiger partial charge on any atom is 0.241 e. The van der Waals surface area contributed by atoms with Crippen LogP contribution in [-0.4, -0.2) is 26.5 Å². The first-order valence-electron chi connectivity index (χ1n) is 12.1. The van der Waals surface area contributed by atoms with E-state index in [1.54, 1.807) is 23.2 Å². The molecule has 0 atom stereocenters. The molecule has 1 aliphatic heterocycles. The molecule has 0 radical (unpaired) electrons. The van der Waals surface area contributed by atoms with Gasteiger partial charge in [0.05, 0.1) is 11.4 Å². The minimum atomic E-state index is -0.324. The van der Waals surface area contributed by atoms with E-state index in [9.17, 15) is 14.7 Å². The van der Waals surface area contributed by atoms with Crippen LogP contribution in [0.4, 0.5) is 17.1 Å². The molecule has 6 rings (SSSR count). The first-order valence-corrected chi connectivity index (χ1v) is 12.1. The number of rotatable bonds is 5. The lowest BCUT2D eigenvalue weighted by Gasteiger charge is -2.23. The van der Waals surface area contributed by atoms with Crippen LogP contribution >= 0.6 is 0 Å². The molecule has 2 heterocycles. The van der Waals surface area contributed by atoms with Crippen molar-refractivity contribution in [3.8, 4) is 17.1 Å². The summed E-state index contributed by atoms with van der Waals surface area (Å²) in [5.41, 5.74) is 3.93. The second-order valence-corrected chi connectivity index (χ2v) is 9.05. The monoisotopic (exact) mass is 488 g/mol. The predicted octanol–water partition coefficient (Wildman–Crippen LogP) is 5.66.